The SMILES string of the molecule is CCSC1CCCCN(C(=O)C2(N)CC2)C1. The number of rotatable bonds is 3. The fourth-order valence-electron chi connectivity index (χ4n) is 2.32. The van der Waals surface area contributed by atoms with E-state index in [9.17, 15) is 4.79 Å². The van der Waals surface area contributed by atoms with Gasteiger partial charge in [-0.3, -0.25) is 4.79 Å². The molecule has 1 saturated carbocycles. The second-order valence-electron chi connectivity index (χ2n) is 4.98. The maximum Gasteiger partial charge on any atom is 0.242 e. The van der Waals surface area contributed by atoms with Crippen LogP contribution in [0.4, 0.5) is 0 Å². The van der Waals surface area contributed by atoms with Gasteiger partial charge < -0.3 is 10.6 Å². The smallest absolute Gasteiger partial charge is 0.242 e. The Labute approximate surface area is 102 Å². The molecule has 0 spiro atoms. The van der Waals surface area contributed by atoms with Crippen LogP contribution < -0.4 is 5.73 Å². The first-order chi connectivity index (χ1) is 7.65. The molecule has 4 heteroatoms. The monoisotopic (exact) mass is 242 g/mol. The maximum absolute atomic E-state index is 12.2. The number of hydrogen-bond donors (Lipinski definition) is 1. The van der Waals surface area contributed by atoms with Crippen LogP contribution in [0.3, 0.4) is 0 Å². The third-order valence-corrected chi connectivity index (χ3v) is 4.72. The highest BCUT2D eigenvalue weighted by Crippen LogP contribution is 2.35. The fourth-order valence-corrected chi connectivity index (χ4v) is 3.41. The van der Waals surface area contributed by atoms with Crippen LogP contribution in [-0.4, -0.2) is 40.4 Å². The van der Waals surface area contributed by atoms with E-state index in [0.29, 0.717) is 5.25 Å². The Bertz CT molecular complexity index is 266. The van der Waals surface area contributed by atoms with Crippen LogP contribution in [0.25, 0.3) is 0 Å². The lowest BCUT2D eigenvalue weighted by Gasteiger charge is -2.26. The minimum absolute atomic E-state index is 0.205. The van der Waals surface area contributed by atoms with Gasteiger partial charge in [0.25, 0.3) is 0 Å². The van der Waals surface area contributed by atoms with Gasteiger partial charge in [0.1, 0.15) is 0 Å². The van der Waals surface area contributed by atoms with Crippen LogP contribution >= 0.6 is 11.8 Å². The van der Waals surface area contributed by atoms with E-state index >= 15 is 0 Å². The molecule has 0 bridgehead atoms. The molecule has 1 unspecified atom stereocenters. The van der Waals surface area contributed by atoms with Gasteiger partial charge in [-0.1, -0.05) is 13.3 Å². The van der Waals surface area contributed by atoms with Crippen molar-refractivity contribution < 1.29 is 4.79 Å². The van der Waals surface area contributed by atoms with Crippen molar-refractivity contribution in [3.63, 3.8) is 0 Å². The van der Waals surface area contributed by atoms with Crippen molar-refractivity contribution in [2.45, 2.75) is 49.8 Å². The van der Waals surface area contributed by atoms with E-state index in [1.165, 1.54) is 12.8 Å². The first-order valence-corrected chi connectivity index (χ1v) is 7.40. The van der Waals surface area contributed by atoms with Crippen LogP contribution in [0.1, 0.15) is 39.0 Å². The molecule has 2 rings (SSSR count). The molecule has 16 heavy (non-hydrogen) atoms. The number of amides is 1. The van der Waals surface area contributed by atoms with E-state index in [-0.39, 0.29) is 5.91 Å². The topological polar surface area (TPSA) is 46.3 Å². The molecule has 0 aromatic heterocycles. The first-order valence-electron chi connectivity index (χ1n) is 6.35. The summed E-state index contributed by atoms with van der Waals surface area (Å²) in [4.78, 5) is 14.2. The number of hydrogen-bond acceptors (Lipinski definition) is 3. The van der Waals surface area contributed by atoms with Crippen molar-refractivity contribution in [2.75, 3.05) is 18.8 Å². The van der Waals surface area contributed by atoms with Crippen molar-refractivity contribution in [1.82, 2.24) is 4.90 Å². The lowest BCUT2D eigenvalue weighted by atomic mass is 10.2. The Morgan fingerprint density at radius 3 is 2.88 bits per heavy atom. The second kappa shape index (κ2) is 4.96. The predicted octanol–water partition coefficient (Wildman–Crippen LogP) is 1.61. The Hall–Kier alpha value is -0.220. The van der Waals surface area contributed by atoms with Crippen molar-refractivity contribution in [3.8, 4) is 0 Å². The third-order valence-electron chi connectivity index (χ3n) is 3.53. The number of carbonyl (C=O) groups is 1. The van der Waals surface area contributed by atoms with E-state index in [0.717, 1.165) is 38.1 Å². The van der Waals surface area contributed by atoms with E-state index in [2.05, 4.69) is 6.92 Å². The molecule has 2 fully saturated rings. The minimum atomic E-state index is -0.480. The summed E-state index contributed by atoms with van der Waals surface area (Å²) in [6.45, 7) is 4.02. The zero-order chi connectivity index (χ0) is 11.6. The number of nitrogens with two attached hydrogens (primary N) is 1. The first kappa shape index (κ1) is 12.2. The molecule has 1 aliphatic heterocycles. The number of nitrogens with zero attached hydrogens (tertiary/aromatic N) is 1. The summed E-state index contributed by atoms with van der Waals surface area (Å²) in [5, 5.41) is 0.624. The summed E-state index contributed by atoms with van der Waals surface area (Å²) in [7, 11) is 0. The van der Waals surface area contributed by atoms with E-state index in [1.807, 2.05) is 16.7 Å². The Morgan fingerprint density at radius 1 is 1.50 bits per heavy atom. The normalized spacial score (nSPS) is 28.6. The molecule has 1 heterocycles. The summed E-state index contributed by atoms with van der Waals surface area (Å²) in [5.74, 6) is 1.34. The summed E-state index contributed by atoms with van der Waals surface area (Å²) in [6, 6.07) is 0. The standard InChI is InChI=1S/C12H22N2OS/c1-2-16-10-5-3-4-8-14(9-10)11(15)12(13)6-7-12/h10H,2-9,13H2,1H3. The summed E-state index contributed by atoms with van der Waals surface area (Å²) in [6.07, 6.45) is 5.41. The molecule has 1 aliphatic carbocycles. The van der Waals surface area contributed by atoms with Crippen LogP contribution in [0, 0.1) is 0 Å². The highest BCUT2D eigenvalue weighted by molar-refractivity contribution is 7.99. The quantitative estimate of drug-likeness (QED) is 0.818. The Balaban J connectivity index is 1.94. The number of likely N-dealkylation sites (tertiary alicyclic amines) is 1. The average molecular weight is 242 g/mol. The predicted molar refractivity (Wildman–Crippen MR) is 68.5 cm³/mol. The zero-order valence-electron chi connectivity index (χ0n) is 10.1. The fraction of sp³-hybridized carbons (Fsp3) is 0.917. The van der Waals surface area contributed by atoms with E-state index in [4.69, 9.17) is 5.73 Å². The molecule has 3 nitrogen and oxygen atoms in total. The molecule has 92 valence electrons. The molecule has 0 aromatic carbocycles. The van der Waals surface area contributed by atoms with Gasteiger partial charge in [-0.05, 0) is 31.4 Å². The Morgan fingerprint density at radius 2 is 2.25 bits per heavy atom. The van der Waals surface area contributed by atoms with E-state index < -0.39 is 5.54 Å². The lowest BCUT2D eigenvalue weighted by molar-refractivity contribution is -0.133. The minimum Gasteiger partial charge on any atom is -0.340 e. The van der Waals surface area contributed by atoms with Gasteiger partial charge in [-0.15, -0.1) is 0 Å². The molecule has 1 atom stereocenters. The second-order valence-corrected chi connectivity index (χ2v) is 6.56. The molecule has 1 amide bonds. The largest absolute Gasteiger partial charge is 0.340 e. The van der Waals surface area contributed by atoms with Gasteiger partial charge in [0.15, 0.2) is 0 Å². The lowest BCUT2D eigenvalue weighted by Crippen LogP contribution is -2.47. The molecule has 1 saturated heterocycles. The number of thioether (sulfide) groups is 1. The van der Waals surface area contributed by atoms with Gasteiger partial charge in [0, 0.05) is 18.3 Å². The maximum atomic E-state index is 12.2. The average Bonchev–Trinajstić information content (AvgIpc) is 3.03. The zero-order valence-corrected chi connectivity index (χ0v) is 10.9. The van der Waals surface area contributed by atoms with Crippen LogP contribution in [0.5, 0.6) is 0 Å². The van der Waals surface area contributed by atoms with Gasteiger partial charge in [0.05, 0.1) is 5.54 Å². The third kappa shape index (κ3) is 2.72. The van der Waals surface area contributed by atoms with Crippen molar-refractivity contribution in [2.24, 2.45) is 5.73 Å². The molecule has 0 radical (unpaired) electrons. The Kier molecular flexibility index (Phi) is 3.80. The van der Waals surface area contributed by atoms with Gasteiger partial charge in [0.2, 0.25) is 5.91 Å². The molecular weight excluding hydrogens is 220 g/mol. The summed E-state index contributed by atoms with van der Waals surface area (Å²) in [5.41, 5.74) is 5.51. The molecular formula is C12H22N2OS. The van der Waals surface area contributed by atoms with Crippen molar-refractivity contribution in [1.29, 1.82) is 0 Å². The van der Waals surface area contributed by atoms with Crippen LogP contribution in [0.15, 0.2) is 0 Å². The van der Waals surface area contributed by atoms with Gasteiger partial charge >= 0.3 is 0 Å². The van der Waals surface area contributed by atoms with Crippen LogP contribution in [0.2, 0.25) is 0 Å². The molecule has 2 aliphatic rings. The van der Waals surface area contributed by atoms with Crippen molar-refractivity contribution in [3.05, 3.63) is 0 Å². The van der Waals surface area contributed by atoms with Gasteiger partial charge in [-0.2, -0.15) is 11.8 Å². The highest BCUT2D eigenvalue weighted by atomic mass is 32.2. The molecule has 0 aromatic rings. The van der Waals surface area contributed by atoms with Gasteiger partial charge in [-0.25, -0.2) is 0 Å². The van der Waals surface area contributed by atoms with Crippen molar-refractivity contribution >= 4 is 17.7 Å². The highest BCUT2D eigenvalue weighted by Gasteiger charge is 2.48. The van der Waals surface area contributed by atoms with Crippen LogP contribution in [-0.2, 0) is 4.79 Å². The summed E-state index contributed by atoms with van der Waals surface area (Å²) < 4.78 is 0. The number of carbonyl (C=O) groups excluding carboxylic acids is 1. The summed E-state index contributed by atoms with van der Waals surface area (Å²) >= 11 is 1.98. The molecule has 2 N–H and O–H groups in total. The van der Waals surface area contributed by atoms with E-state index in [1.54, 1.807) is 0 Å².